The van der Waals surface area contributed by atoms with Gasteiger partial charge in [0.2, 0.25) is 5.88 Å². The van der Waals surface area contributed by atoms with E-state index in [1.54, 1.807) is 12.1 Å². The van der Waals surface area contributed by atoms with Crippen LogP contribution in [0.3, 0.4) is 0 Å². The maximum absolute atomic E-state index is 10.0. The third kappa shape index (κ3) is 2.30. The fraction of sp³-hybridized carbons (Fsp3) is 0.375. The zero-order valence-electron chi connectivity index (χ0n) is 7.02. The van der Waals surface area contributed by atoms with E-state index in [0.717, 1.165) is 0 Å². The van der Waals surface area contributed by atoms with Crippen LogP contribution in [-0.4, -0.2) is 11.1 Å². The molecule has 1 heterocycles. The van der Waals surface area contributed by atoms with Crippen LogP contribution in [0.25, 0.3) is 0 Å². The van der Waals surface area contributed by atoms with Gasteiger partial charge < -0.3 is 4.74 Å². The largest absolute Gasteiger partial charge is 0.475 e. The molecule has 64 valence electrons. The second-order valence-electron chi connectivity index (χ2n) is 2.61. The predicted octanol–water partition coefficient (Wildman–Crippen LogP) is 2.27. The molecule has 0 amide bonds. The summed E-state index contributed by atoms with van der Waals surface area (Å²) >= 11 is 0. The number of pyridine rings is 1. The zero-order valence-corrected chi connectivity index (χ0v) is 7.02. The molecule has 1 aromatic heterocycles. The Morgan fingerprint density at radius 2 is 2.25 bits per heavy atom. The van der Waals surface area contributed by atoms with Crippen molar-refractivity contribution in [3.8, 4) is 5.88 Å². The minimum Gasteiger partial charge on any atom is -0.475 e. The van der Waals surface area contributed by atoms with Crippen molar-refractivity contribution in [2.24, 2.45) is 5.18 Å². The normalized spacial score (nSPS) is 9.92. The van der Waals surface area contributed by atoms with Crippen molar-refractivity contribution >= 4 is 5.69 Å². The molecule has 0 saturated heterocycles. The molecule has 12 heavy (non-hydrogen) atoms. The van der Waals surface area contributed by atoms with E-state index in [9.17, 15) is 4.91 Å². The van der Waals surface area contributed by atoms with Gasteiger partial charge in [-0.05, 0) is 25.1 Å². The lowest BCUT2D eigenvalue weighted by Crippen LogP contribution is -2.06. The van der Waals surface area contributed by atoms with Gasteiger partial charge in [0.25, 0.3) is 0 Å². The van der Waals surface area contributed by atoms with Crippen LogP contribution in [0.2, 0.25) is 0 Å². The Kier molecular flexibility index (Phi) is 2.74. The van der Waals surface area contributed by atoms with E-state index in [2.05, 4.69) is 10.2 Å². The predicted molar refractivity (Wildman–Crippen MR) is 45.5 cm³/mol. The van der Waals surface area contributed by atoms with Crippen molar-refractivity contribution in [3.05, 3.63) is 23.2 Å². The minimum atomic E-state index is 0.0903. The first-order chi connectivity index (χ1) is 5.72. The van der Waals surface area contributed by atoms with Crippen LogP contribution in [0.4, 0.5) is 5.69 Å². The van der Waals surface area contributed by atoms with Gasteiger partial charge in [-0.3, -0.25) is 0 Å². The molecule has 1 rings (SSSR count). The summed E-state index contributed by atoms with van der Waals surface area (Å²) in [6.45, 7) is 3.82. The van der Waals surface area contributed by atoms with Gasteiger partial charge in [0.05, 0.1) is 12.3 Å². The van der Waals surface area contributed by atoms with Gasteiger partial charge in [-0.1, -0.05) is 0 Å². The van der Waals surface area contributed by atoms with Crippen LogP contribution in [0.1, 0.15) is 13.8 Å². The van der Waals surface area contributed by atoms with Crippen LogP contribution in [0.15, 0.2) is 23.5 Å². The van der Waals surface area contributed by atoms with Crippen molar-refractivity contribution in [3.63, 3.8) is 0 Å². The van der Waals surface area contributed by atoms with Crippen LogP contribution in [-0.2, 0) is 0 Å². The van der Waals surface area contributed by atoms with Crippen molar-refractivity contribution in [1.29, 1.82) is 0 Å². The van der Waals surface area contributed by atoms with Crippen molar-refractivity contribution < 1.29 is 4.74 Å². The van der Waals surface area contributed by atoms with E-state index in [1.807, 2.05) is 13.8 Å². The molecule has 0 unspecified atom stereocenters. The lowest BCUT2D eigenvalue weighted by molar-refractivity contribution is 0.232. The third-order valence-electron chi connectivity index (χ3n) is 1.18. The van der Waals surface area contributed by atoms with Crippen molar-refractivity contribution in [2.75, 3.05) is 0 Å². The van der Waals surface area contributed by atoms with Gasteiger partial charge >= 0.3 is 0 Å². The molecule has 0 spiro atoms. The molecular weight excluding hydrogens is 156 g/mol. The number of nitroso groups, excluding NO2 is 1. The summed E-state index contributed by atoms with van der Waals surface area (Å²) in [5.74, 6) is 0.511. The molecule has 4 nitrogen and oxygen atoms in total. The number of ether oxygens (including phenoxy) is 1. The molecule has 0 aromatic carbocycles. The molecule has 0 aliphatic heterocycles. The molecular formula is C8H10N2O2. The Bertz CT molecular complexity index is 256. The van der Waals surface area contributed by atoms with Crippen LogP contribution >= 0.6 is 0 Å². The summed E-state index contributed by atoms with van der Waals surface area (Å²) in [5, 5.41) is 2.72. The van der Waals surface area contributed by atoms with Gasteiger partial charge in [0.1, 0.15) is 5.69 Å². The summed E-state index contributed by atoms with van der Waals surface area (Å²) in [6.07, 6.45) is 1.47. The Labute approximate surface area is 70.6 Å². The number of aromatic nitrogens is 1. The van der Waals surface area contributed by atoms with Gasteiger partial charge in [0, 0.05) is 6.07 Å². The van der Waals surface area contributed by atoms with Crippen LogP contribution in [0, 0.1) is 4.91 Å². The number of nitrogens with zero attached hydrogens (tertiary/aromatic N) is 2. The summed E-state index contributed by atoms with van der Waals surface area (Å²) in [7, 11) is 0. The van der Waals surface area contributed by atoms with Crippen LogP contribution < -0.4 is 4.74 Å². The summed E-state index contributed by atoms with van der Waals surface area (Å²) in [6, 6.07) is 3.19. The Morgan fingerprint density at radius 3 is 2.67 bits per heavy atom. The number of rotatable bonds is 3. The van der Waals surface area contributed by atoms with Crippen molar-refractivity contribution in [1.82, 2.24) is 4.98 Å². The lowest BCUT2D eigenvalue weighted by Gasteiger charge is -2.07. The Hall–Kier alpha value is -1.45. The molecule has 0 fully saturated rings. The van der Waals surface area contributed by atoms with E-state index in [0.29, 0.717) is 11.6 Å². The molecule has 0 saturated carbocycles. The van der Waals surface area contributed by atoms with Crippen LogP contribution in [0.5, 0.6) is 5.88 Å². The maximum Gasteiger partial charge on any atom is 0.213 e. The number of hydrogen-bond donors (Lipinski definition) is 0. The average Bonchev–Trinajstić information content (AvgIpc) is 2.05. The average molecular weight is 166 g/mol. The molecule has 0 aliphatic rings. The SMILES string of the molecule is CC(C)Oc1ccc(N=O)cn1. The lowest BCUT2D eigenvalue weighted by atomic mass is 10.4. The molecule has 0 aliphatic carbocycles. The maximum atomic E-state index is 10.0. The highest BCUT2D eigenvalue weighted by Crippen LogP contribution is 2.14. The Balaban J connectivity index is 2.71. The van der Waals surface area contributed by atoms with E-state index >= 15 is 0 Å². The standard InChI is InChI=1S/C8H10N2O2/c1-6(2)12-8-4-3-7(10-11)5-9-8/h3-6H,1-2H3. The molecule has 0 bridgehead atoms. The van der Waals surface area contributed by atoms with Gasteiger partial charge in [-0.2, -0.15) is 0 Å². The molecule has 4 heteroatoms. The van der Waals surface area contributed by atoms with Gasteiger partial charge in [0.15, 0.2) is 0 Å². The molecule has 0 atom stereocenters. The smallest absolute Gasteiger partial charge is 0.213 e. The van der Waals surface area contributed by atoms with E-state index < -0.39 is 0 Å². The molecule has 0 N–H and O–H groups in total. The highest BCUT2D eigenvalue weighted by Gasteiger charge is 1.98. The first kappa shape index (κ1) is 8.64. The van der Waals surface area contributed by atoms with Crippen molar-refractivity contribution in [2.45, 2.75) is 20.0 Å². The first-order valence-corrected chi connectivity index (χ1v) is 3.68. The van der Waals surface area contributed by atoms with Gasteiger partial charge in [-0.25, -0.2) is 4.98 Å². The van der Waals surface area contributed by atoms with E-state index in [1.165, 1.54) is 6.20 Å². The van der Waals surface area contributed by atoms with Gasteiger partial charge in [-0.15, -0.1) is 4.91 Å². The second kappa shape index (κ2) is 3.80. The highest BCUT2D eigenvalue weighted by molar-refractivity contribution is 5.34. The van der Waals surface area contributed by atoms with E-state index in [4.69, 9.17) is 4.74 Å². The first-order valence-electron chi connectivity index (χ1n) is 3.68. The molecule has 1 aromatic rings. The topological polar surface area (TPSA) is 51.5 Å². The summed E-state index contributed by atoms with van der Waals surface area (Å²) < 4.78 is 5.26. The fourth-order valence-electron chi connectivity index (χ4n) is 0.738. The summed E-state index contributed by atoms with van der Waals surface area (Å²) in [4.78, 5) is 13.9. The minimum absolute atomic E-state index is 0.0903. The third-order valence-corrected chi connectivity index (χ3v) is 1.18. The zero-order chi connectivity index (χ0) is 8.97. The summed E-state index contributed by atoms with van der Waals surface area (Å²) in [5.41, 5.74) is 0.311. The Morgan fingerprint density at radius 1 is 1.50 bits per heavy atom. The fourth-order valence-corrected chi connectivity index (χ4v) is 0.738. The quantitative estimate of drug-likeness (QED) is 0.647. The van der Waals surface area contributed by atoms with E-state index in [-0.39, 0.29) is 6.10 Å². The highest BCUT2D eigenvalue weighted by atomic mass is 16.5. The number of hydrogen-bond acceptors (Lipinski definition) is 4. The second-order valence-corrected chi connectivity index (χ2v) is 2.61. The molecule has 0 radical (unpaired) electrons. The monoisotopic (exact) mass is 166 g/mol.